The van der Waals surface area contributed by atoms with Crippen LogP contribution in [0.5, 0.6) is 0 Å². The summed E-state index contributed by atoms with van der Waals surface area (Å²) < 4.78 is 0. The zero-order valence-corrected chi connectivity index (χ0v) is 9.50. The maximum absolute atomic E-state index is 5.25. The molecular weight excluding hydrogens is 214 g/mol. The van der Waals surface area contributed by atoms with Crippen LogP contribution >= 0.6 is 11.8 Å². The Bertz CT molecular complexity index is 523. The van der Waals surface area contributed by atoms with E-state index in [-0.39, 0.29) is 0 Å². The van der Waals surface area contributed by atoms with E-state index in [2.05, 4.69) is 30.2 Å². The highest BCUT2D eigenvalue weighted by atomic mass is 32.2. The van der Waals surface area contributed by atoms with Crippen LogP contribution in [0.2, 0.25) is 0 Å². The molecule has 0 aliphatic heterocycles. The fourth-order valence-corrected chi connectivity index (χ4v) is 2.27. The van der Waals surface area contributed by atoms with Crippen molar-refractivity contribution in [3.05, 3.63) is 60.2 Å². The maximum Gasteiger partial charge on any atom is 0.0403 e. The third-order valence-electron chi connectivity index (χ3n) is 2.06. The molecule has 0 spiro atoms. The Morgan fingerprint density at radius 2 is 1.56 bits per heavy atom. The van der Waals surface area contributed by atoms with Gasteiger partial charge in [0.05, 0.1) is 0 Å². The van der Waals surface area contributed by atoms with Gasteiger partial charge in [-0.2, -0.15) is 0 Å². The van der Waals surface area contributed by atoms with Crippen molar-refractivity contribution in [3.63, 3.8) is 0 Å². The van der Waals surface area contributed by atoms with E-state index in [9.17, 15) is 0 Å². The van der Waals surface area contributed by atoms with Crippen molar-refractivity contribution in [2.75, 3.05) is 0 Å². The zero-order valence-electron chi connectivity index (χ0n) is 8.68. The summed E-state index contributed by atoms with van der Waals surface area (Å²) in [6.45, 7) is 0. The molecule has 0 radical (unpaired) electrons. The second-order valence-corrected chi connectivity index (χ2v) is 4.30. The molecule has 0 aliphatic carbocycles. The molecule has 2 aromatic rings. The molecule has 1 nitrogen and oxygen atoms in total. The highest BCUT2D eigenvalue weighted by Gasteiger charge is 2.00. The zero-order chi connectivity index (χ0) is 11.2. The van der Waals surface area contributed by atoms with Gasteiger partial charge >= 0.3 is 0 Å². The first-order valence-electron chi connectivity index (χ1n) is 4.93. The molecule has 0 fully saturated rings. The summed E-state index contributed by atoms with van der Waals surface area (Å²) in [6.07, 6.45) is 0. The number of benzene rings is 2. The van der Waals surface area contributed by atoms with E-state index < -0.39 is 0 Å². The van der Waals surface area contributed by atoms with Gasteiger partial charge in [0.2, 0.25) is 0 Å². The Kier molecular flexibility index (Phi) is 3.53. The average Bonchev–Trinajstić information content (AvgIpc) is 2.33. The lowest BCUT2D eigenvalue weighted by Gasteiger charge is -2.03. The molecule has 0 saturated heterocycles. The van der Waals surface area contributed by atoms with Crippen molar-refractivity contribution < 1.29 is 0 Å². The van der Waals surface area contributed by atoms with Gasteiger partial charge in [0.15, 0.2) is 0 Å². The molecule has 0 unspecified atom stereocenters. The highest BCUT2D eigenvalue weighted by Crippen LogP contribution is 2.29. The molecular formula is C14H11NS. The first-order chi connectivity index (χ1) is 7.90. The van der Waals surface area contributed by atoms with Gasteiger partial charge in [-0.1, -0.05) is 42.1 Å². The fourth-order valence-electron chi connectivity index (χ4n) is 1.35. The largest absolute Gasteiger partial charge is 0.359 e. The first-order valence-corrected chi connectivity index (χ1v) is 5.75. The summed E-state index contributed by atoms with van der Waals surface area (Å²) in [5.41, 5.74) is 6.22. The third-order valence-corrected chi connectivity index (χ3v) is 3.15. The Morgan fingerprint density at radius 1 is 0.875 bits per heavy atom. The first kappa shape index (κ1) is 10.7. The van der Waals surface area contributed by atoms with Crippen LogP contribution in [0.1, 0.15) is 5.56 Å². The summed E-state index contributed by atoms with van der Waals surface area (Å²) >= 11 is 1.70. The van der Waals surface area contributed by atoms with Crippen LogP contribution in [-0.2, 0) is 0 Å². The van der Waals surface area contributed by atoms with Gasteiger partial charge in [0, 0.05) is 21.4 Å². The van der Waals surface area contributed by atoms with Crippen molar-refractivity contribution in [2.24, 2.45) is 5.73 Å². The Hall–Kier alpha value is -1.85. The van der Waals surface area contributed by atoms with E-state index in [0.717, 1.165) is 10.5 Å². The van der Waals surface area contributed by atoms with Crippen LogP contribution in [-0.4, -0.2) is 0 Å². The fraction of sp³-hybridized carbons (Fsp3) is 0. The number of hydrogen-bond donors (Lipinski definition) is 1. The number of nitrogens with two attached hydrogens (primary N) is 1. The Labute approximate surface area is 99.7 Å². The normalized spacial score (nSPS) is 9.25. The lowest BCUT2D eigenvalue weighted by atomic mass is 10.2. The summed E-state index contributed by atoms with van der Waals surface area (Å²) in [7, 11) is 0. The van der Waals surface area contributed by atoms with Gasteiger partial charge < -0.3 is 5.73 Å². The van der Waals surface area contributed by atoms with Crippen molar-refractivity contribution in [1.82, 2.24) is 0 Å². The SMILES string of the molecule is NC#Cc1ccccc1Sc1ccccc1. The second kappa shape index (κ2) is 5.29. The minimum Gasteiger partial charge on any atom is -0.359 e. The van der Waals surface area contributed by atoms with Crippen molar-refractivity contribution in [1.29, 1.82) is 0 Å². The Morgan fingerprint density at radius 3 is 2.31 bits per heavy atom. The van der Waals surface area contributed by atoms with Crippen molar-refractivity contribution in [2.45, 2.75) is 9.79 Å². The van der Waals surface area contributed by atoms with Crippen LogP contribution in [0.15, 0.2) is 64.4 Å². The van der Waals surface area contributed by atoms with Crippen LogP contribution in [0.3, 0.4) is 0 Å². The van der Waals surface area contributed by atoms with E-state index in [0.29, 0.717) is 0 Å². The lowest BCUT2D eigenvalue weighted by Crippen LogP contribution is -1.83. The summed E-state index contributed by atoms with van der Waals surface area (Å²) in [4.78, 5) is 2.33. The number of rotatable bonds is 2. The van der Waals surface area contributed by atoms with Crippen LogP contribution in [0.25, 0.3) is 0 Å². The monoisotopic (exact) mass is 225 g/mol. The smallest absolute Gasteiger partial charge is 0.0403 e. The average molecular weight is 225 g/mol. The summed E-state index contributed by atoms with van der Waals surface area (Å²) in [5.74, 6) is 2.90. The van der Waals surface area contributed by atoms with Crippen LogP contribution in [0, 0.1) is 12.0 Å². The Balaban J connectivity index is 2.30. The molecule has 0 atom stereocenters. The van der Waals surface area contributed by atoms with E-state index in [1.165, 1.54) is 4.90 Å². The summed E-state index contributed by atoms with van der Waals surface area (Å²) in [6, 6.07) is 20.7. The van der Waals surface area contributed by atoms with Gasteiger partial charge in [-0.05, 0) is 30.2 Å². The van der Waals surface area contributed by atoms with Crippen molar-refractivity contribution >= 4 is 11.8 Å². The molecule has 78 valence electrons. The molecule has 16 heavy (non-hydrogen) atoms. The van der Waals surface area contributed by atoms with Gasteiger partial charge in [-0.15, -0.1) is 0 Å². The maximum atomic E-state index is 5.25. The van der Waals surface area contributed by atoms with Gasteiger partial charge in [0.25, 0.3) is 0 Å². The molecule has 0 saturated carbocycles. The van der Waals surface area contributed by atoms with E-state index in [4.69, 9.17) is 5.73 Å². The van der Waals surface area contributed by atoms with Gasteiger partial charge in [-0.3, -0.25) is 0 Å². The van der Waals surface area contributed by atoms with E-state index in [1.54, 1.807) is 11.8 Å². The quantitative estimate of drug-likeness (QED) is 0.628. The molecule has 2 heteroatoms. The van der Waals surface area contributed by atoms with E-state index >= 15 is 0 Å². The topological polar surface area (TPSA) is 26.0 Å². The highest BCUT2D eigenvalue weighted by molar-refractivity contribution is 7.99. The summed E-state index contributed by atoms with van der Waals surface area (Å²) in [5, 5.41) is 0. The minimum atomic E-state index is 0.971. The predicted molar refractivity (Wildman–Crippen MR) is 68.1 cm³/mol. The van der Waals surface area contributed by atoms with Gasteiger partial charge in [0.1, 0.15) is 0 Å². The van der Waals surface area contributed by atoms with Gasteiger partial charge in [-0.25, -0.2) is 0 Å². The minimum absolute atomic E-state index is 0.971. The molecule has 0 aromatic heterocycles. The van der Waals surface area contributed by atoms with Crippen LogP contribution < -0.4 is 5.73 Å². The molecule has 2 N–H and O–H groups in total. The molecule has 0 amide bonds. The van der Waals surface area contributed by atoms with Crippen molar-refractivity contribution in [3.8, 4) is 12.0 Å². The molecule has 0 aliphatic rings. The molecule has 0 heterocycles. The second-order valence-electron chi connectivity index (χ2n) is 3.18. The van der Waals surface area contributed by atoms with Crippen LogP contribution in [0.4, 0.5) is 0 Å². The molecule has 2 aromatic carbocycles. The predicted octanol–water partition coefficient (Wildman–Crippen LogP) is 3.11. The molecule has 0 bridgehead atoms. The standard InChI is InChI=1S/C14H11NS/c15-11-10-12-6-4-5-9-14(12)16-13-7-2-1-3-8-13/h1-9H,15H2. The number of hydrogen-bond acceptors (Lipinski definition) is 2. The molecule has 2 rings (SSSR count). The van der Waals surface area contributed by atoms with E-state index in [1.807, 2.05) is 36.4 Å². The third kappa shape index (κ3) is 2.59. The lowest BCUT2D eigenvalue weighted by molar-refractivity contribution is 1.38.